The minimum absolute atomic E-state index is 0.0810. The van der Waals surface area contributed by atoms with Gasteiger partial charge in [-0.15, -0.1) is 0 Å². The van der Waals surface area contributed by atoms with Gasteiger partial charge < -0.3 is 10.3 Å². The SMILES string of the molecule is C[C@@H](N)c1cncn1C. The summed E-state index contributed by atoms with van der Waals surface area (Å²) in [5, 5.41) is 0. The number of hydrogen-bond donors (Lipinski definition) is 1. The zero-order chi connectivity index (χ0) is 6.85. The minimum atomic E-state index is 0.0810. The van der Waals surface area contributed by atoms with Crippen LogP contribution in [-0.2, 0) is 7.05 Å². The topological polar surface area (TPSA) is 43.8 Å². The van der Waals surface area contributed by atoms with Gasteiger partial charge in [0.2, 0.25) is 0 Å². The second kappa shape index (κ2) is 2.19. The first kappa shape index (κ1) is 6.29. The normalized spacial score (nSPS) is 13.7. The highest BCUT2D eigenvalue weighted by Gasteiger charge is 2.01. The molecule has 1 aromatic heterocycles. The average molecular weight is 125 g/mol. The number of nitrogens with zero attached hydrogens (tertiary/aromatic N) is 2. The molecule has 0 bridgehead atoms. The molecule has 0 saturated heterocycles. The van der Waals surface area contributed by atoms with Crippen LogP contribution in [0.2, 0.25) is 0 Å². The smallest absolute Gasteiger partial charge is 0.0946 e. The molecule has 1 rings (SSSR count). The van der Waals surface area contributed by atoms with Crippen LogP contribution in [-0.4, -0.2) is 9.55 Å². The number of imidazole rings is 1. The second-order valence-corrected chi connectivity index (χ2v) is 2.22. The van der Waals surface area contributed by atoms with Gasteiger partial charge in [-0.3, -0.25) is 0 Å². The first-order valence-electron chi connectivity index (χ1n) is 2.93. The Labute approximate surface area is 54.5 Å². The summed E-state index contributed by atoms with van der Waals surface area (Å²) in [6.07, 6.45) is 3.53. The molecule has 0 spiro atoms. The number of rotatable bonds is 1. The molecule has 0 aromatic carbocycles. The van der Waals surface area contributed by atoms with Crippen molar-refractivity contribution in [3.05, 3.63) is 18.2 Å². The maximum Gasteiger partial charge on any atom is 0.0946 e. The highest BCUT2D eigenvalue weighted by atomic mass is 15.0. The average Bonchev–Trinajstić information content (AvgIpc) is 2.13. The quantitative estimate of drug-likeness (QED) is 0.591. The van der Waals surface area contributed by atoms with E-state index in [2.05, 4.69) is 4.98 Å². The largest absolute Gasteiger partial charge is 0.336 e. The maximum absolute atomic E-state index is 5.60. The Morgan fingerprint density at radius 1 is 1.78 bits per heavy atom. The minimum Gasteiger partial charge on any atom is -0.336 e. The Morgan fingerprint density at radius 2 is 2.44 bits per heavy atom. The summed E-state index contributed by atoms with van der Waals surface area (Å²) in [5.74, 6) is 0. The lowest BCUT2D eigenvalue weighted by Crippen LogP contribution is -2.08. The van der Waals surface area contributed by atoms with Crippen LogP contribution in [0.25, 0.3) is 0 Å². The molecule has 2 N–H and O–H groups in total. The third-order valence-corrected chi connectivity index (χ3v) is 1.32. The van der Waals surface area contributed by atoms with Crippen molar-refractivity contribution in [2.45, 2.75) is 13.0 Å². The predicted molar refractivity (Wildman–Crippen MR) is 35.8 cm³/mol. The van der Waals surface area contributed by atoms with E-state index in [0.717, 1.165) is 5.69 Å². The van der Waals surface area contributed by atoms with Gasteiger partial charge in [-0.2, -0.15) is 0 Å². The molecule has 50 valence electrons. The summed E-state index contributed by atoms with van der Waals surface area (Å²) in [4.78, 5) is 3.93. The van der Waals surface area contributed by atoms with Gasteiger partial charge in [0.15, 0.2) is 0 Å². The van der Waals surface area contributed by atoms with Crippen molar-refractivity contribution in [3.8, 4) is 0 Å². The second-order valence-electron chi connectivity index (χ2n) is 2.22. The summed E-state index contributed by atoms with van der Waals surface area (Å²) in [7, 11) is 1.94. The van der Waals surface area contributed by atoms with Crippen molar-refractivity contribution in [1.29, 1.82) is 0 Å². The molecule has 0 amide bonds. The van der Waals surface area contributed by atoms with E-state index in [-0.39, 0.29) is 6.04 Å². The monoisotopic (exact) mass is 125 g/mol. The van der Waals surface area contributed by atoms with Crippen LogP contribution in [0.5, 0.6) is 0 Å². The molecule has 1 aromatic rings. The number of nitrogens with two attached hydrogens (primary N) is 1. The van der Waals surface area contributed by atoms with Gasteiger partial charge in [-0.05, 0) is 6.92 Å². The molecule has 0 radical (unpaired) electrons. The van der Waals surface area contributed by atoms with E-state index in [1.165, 1.54) is 0 Å². The fraction of sp³-hybridized carbons (Fsp3) is 0.500. The first-order valence-corrected chi connectivity index (χ1v) is 2.93. The molecule has 0 saturated carbocycles. The molecule has 3 nitrogen and oxygen atoms in total. The Kier molecular flexibility index (Phi) is 1.53. The Bertz CT molecular complexity index is 190. The van der Waals surface area contributed by atoms with Crippen LogP contribution >= 0.6 is 0 Å². The van der Waals surface area contributed by atoms with E-state index >= 15 is 0 Å². The fourth-order valence-corrected chi connectivity index (χ4v) is 0.806. The van der Waals surface area contributed by atoms with Crippen molar-refractivity contribution in [3.63, 3.8) is 0 Å². The van der Waals surface area contributed by atoms with E-state index in [1.807, 2.05) is 18.5 Å². The zero-order valence-electron chi connectivity index (χ0n) is 5.70. The summed E-state index contributed by atoms with van der Waals surface area (Å²) in [5.41, 5.74) is 6.66. The highest BCUT2D eigenvalue weighted by Crippen LogP contribution is 2.05. The van der Waals surface area contributed by atoms with Crippen LogP contribution in [0.4, 0.5) is 0 Å². The molecule has 1 atom stereocenters. The van der Waals surface area contributed by atoms with Gasteiger partial charge in [0.1, 0.15) is 0 Å². The van der Waals surface area contributed by atoms with Gasteiger partial charge in [0.05, 0.1) is 12.0 Å². The Morgan fingerprint density at radius 3 is 2.67 bits per heavy atom. The molecule has 9 heavy (non-hydrogen) atoms. The lowest BCUT2D eigenvalue weighted by Gasteiger charge is -2.03. The molecule has 0 aliphatic rings. The van der Waals surface area contributed by atoms with Crippen LogP contribution in [0.3, 0.4) is 0 Å². The summed E-state index contributed by atoms with van der Waals surface area (Å²) in [6, 6.07) is 0.0810. The number of aryl methyl sites for hydroxylation is 1. The lowest BCUT2D eigenvalue weighted by molar-refractivity contribution is 0.715. The van der Waals surface area contributed by atoms with E-state index in [9.17, 15) is 0 Å². The standard InChI is InChI=1S/C6H11N3/c1-5(7)6-3-8-4-9(6)2/h3-5H,7H2,1-2H3/t5-/m1/s1. The van der Waals surface area contributed by atoms with Crippen molar-refractivity contribution in [1.82, 2.24) is 9.55 Å². The number of hydrogen-bond acceptors (Lipinski definition) is 2. The van der Waals surface area contributed by atoms with E-state index < -0.39 is 0 Å². The molecule has 0 aliphatic heterocycles. The summed E-state index contributed by atoms with van der Waals surface area (Å²) >= 11 is 0. The Balaban J connectivity index is 2.94. The van der Waals surface area contributed by atoms with Crippen molar-refractivity contribution < 1.29 is 0 Å². The number of aromatic nitrogens is 2. The molecular formula is C6H11N3. The van der Waals surface area contributed by atoms with Crippen LogP contribution in [0, 0.1) is 0 Å². The Hall–Kier alpha value is -0.830. The molecule has 0 unspecified atom stereocenters. The van der Waals surface area contributed by atoms with Crippen molar-refractivity contribution in [2.75, 3.05) is 0 Å². The first-order chi connectivity index (χ1) is 4.22. The van der Waals surface area contributed by atoms with Crippen molar-refractivity contribution >= 4 is 0 Å². The van der Waals surface area contributed by atoms with E-state index in [0.29, 0.717) is 0 Å². The van der Waals surface area contributed by atoms with Crippen LogP contribution in [0.1, 0.15) is 18.7 Å². The van der Waals surface area contributed by atoms with E-state index in [1.54, 1.807) is 12.5 Å². The van der Waals surface area contributed by atoms with Gasteiger partial charge in [0, 0.05) is 19.3 Å². The van der Waals surface area contributed by atoms with Gasteiger partial charge >= 0.3 is 0 Å². The molecule has 3 heteroatoms. The fourth-order valence-electron chi connectivity index (χ4n) is 0.806. The maximum atomic E-state index is 5.60. The molecule has 0 aliphatic carbocycles. The molecule has 1 heterocycles. The lowest BCUT2D eigenvalue weighted by atomic mass is 10.3. The molecule has 0 fully saturated rings. The van der Waals surface area contributed by atoms with Crippen molar-refractivity contribution in [2.24, 2.45) is 12.8 Å². The highest BCUT2D eigenvalue weighted by molar-refractivity contribution is 5.01. The van der Waals surface area contributed by atoms with Crippen LogP contribution in [0.15, 0.2) is 12.5 Å². The third-order valence-electron chi connectivity index (χ3n) is 1.32. The van der Waals surface area contributed by atoms with Crippen LogP contribution < -0.4 is 5.73 Å². The summed E-state index contributed by atoms with van der Waals surface area (Å²) in [6.45, 7) is 1.94. The van der Waals surface area contributed by atoms with Gasteiger partial charge in [-0.1, -0.05) is 0 Å². The van der Waals surface area contributed by atoms with E-state index in [4.69, 9.17) is 5.73 Å². The predicted octanol–water partition coefficient (Wildman–Crippen LogP) is 0.440. The summed E-state index contributed by atoms with van der Waals surface area (Å²) < 4.78 is 1.92. The molecular weight excluding hydrogens is 114 g/mol. The third kappa shape index (κ3) is 1.10. The zero-order valence-corrected chi connectivity index (χ0v) is 5.70. The van der Waals surface area contributed by atoms with Gasteiger partial charge in [0.25, 0.3) is 0 Å². The van der Waals surface area contributed by atoms with Gasteiger partial charge in [-0.25, -0.2) is 4.98 Å².